The van der Waals surface area contributed by atoms with E-state index in [1.165, 1.54) is 12.1 Å². The third kappa shape index (κ3) is 2.17. The molecule has 0 aliphatic carbocycles. The molecule has 5 rings (SSSR count). The smallest absolute Gasteiger partial charge is 0.136 e. The number of hydrogen-bond acceptors (Lipinski definition) is 2. The van der Waals surface area contributed by atoms with Gasteiger partial charge in [0.15, 0.2) is 0 Å². The van der Waals surface area contributed by atoms with E-state index < -0.39 is 11.6 Å². The second kappa shape index (κ2) is 5.24. The highest BCUT2D eigenvalue weighted by molar-refractivity contribution is 5.80. The van der Waals surface area contributed by atoms with E-state index in [-0.39, 0.29) is 0 Å². The molecule has 124 valence electrons. The normalized spacial score (nSPS) is 13.5. The molecule has 25 heavy (non-hydrogen) atoms. The van der Waals surface area contributed by atoms with E-state index in [0.29, 0.717) is 11.3 Å². The molecule has 0 unspecified atom stereocenters. The summed E-state index contributed by atoms with van der Waals surface area (Å²) in [5, 5.41) is 0. The summed E-state index contributed by atoms with van der Waals surface area (Å²) in [5.41, 5.74) is 3.54. The molecule has 0 atom stereocenters. The van der Waals surface area contributed by atoms with Crippen molar-refractivity contribution in [3.05, 3.63) is 66.4 Å². The molecular weight excluding hydrogens is 322 g/mol. The van der Waals surface area contributed by atoms with Gasteiger partial charge in [0.1, 0.15) is 23.1 Å². The first kappa shape index (κ1) is 14.3. The Bertz CT molecular complexity index is 1110. The fourth-order valence-electron chi connectivity index (χ4n) is 3.55. The van der Waals surface area contributed by atoms with E-state index in [2.05, 4.69) is 14.5 Å². The number of hydrogen-bond donors (Lipinski definition) is 0. The van der Waals surface area contributed by atoms with Crippen LogP contribution in [0.5, 0.6) is 0 Å². The Balaban J connectivity index is 1.77. The lowest BCUT2D eigenvalue weighted by molar-refractivity contribution is 0.585. The molecule has 0 spiro atoms. The van der Waals surface area contributed by atoms with Crippen LogP contribution < -0.4 is 0 Å². The molecule has 0 N–H and O–H groups in total. The molecule has 0 amide bonds. The van der Waals surface area contributed by atoms with Crippen LogP contribution >= 0.6 is 0 Å². The zero-order chi connectivity index (χ0) is 17.0. The first-order valence-electron chi connectivity index (χ1n) is 8.18. The summed E-state index contributed by atoms with van der Waals surface area (Å²) in [6.45, 7) is 0.850. The molecule has 4 heterocycles. The van der Waals surface area contributed by atoms with E-state index in [1.807, 2.05) is 28.9 Å². The SMILES string of the molecule is Fc1ccc(-c2nc3n(c2-c2ccc4nccn4c2)CCC3)c(F)c1. The van der Waals surface area contributed by atoms with E-state index >= 15 is 0 Å². The van der Waals surface area contributed by atoms with Crippen molar-refractivity contribution in [2.45, 2.75) is 19.4 Å². The maximum atomic E-state index is 14.4. The van der Waals surface area contributed by atoms with Crippen molar-refractivity contribution in [1.82, 2.24) is 18.9 Å². The summed E-state index contributed by atoms with van der Waals surface area (Å²) in [6.07, 6.45) is 7.46. The van der Waals surface area contributed by atoms with Crippen LogP contribution in [0.15, 0.2) is 48.9 Å². The van der Waals surface area contributed by atoms with Gasteiger partial charge in [0.25, 0.3) is 0 Å². The van der Waals surface area contributed by atoms with Gasteiger partial charge in [-0.25, -0.2) is 18.7 Å². The molecule has 0 fully saturated rings. The van der Waals surface area contributed by atoms with E-state index in [9.17, 15) is 8.78 Å². The fraction of sp³-hybridized carbons (Fsp3) is 0.158. The van der Waals surface area contributed by atoms with Crippen molar-refractivity contribution in [3.63, 3.8) is 0 Å². The Morgan fingerprint density at radius 1 is 1.08 bits per heavy atom. The molecular formula is C19H14F2N4. The zero-order valence-corrected chi connectivity index (χ0v) is 13.3. The average Bonchev–Trinajstić information content (AvgIpc) is 3.29. The Morgan fingerprint density at radius 2 is 2.00 bits per heavy atom. The molecule has 4 aromatic rings. The lowest BCUT2D eigenvalue weighted by atomic mass is 10.1. The molecule has 1 aromatic carbocycles. The first-order valence-corrected chi connectivity index (χ1v) is 8.18. The fourth-order valence-corrected chi connectivity index (χ4v) is 3.55. The second-order valence-corrected chi connectivity index (χ2v) is 6.22. The van der Waals surface area contributed by atoms with Crippen LogP contribution in [0.2, 0.25) is 0 Å². The third-order valence-corrected chi connectivity index (χ3v) is 4.68. The summed E-state index contributed by atoms with van der Waals surface area (Å²) in [5.74, 6) is -0.240. The molecule has 0 saturated carbocycles. The minimum atomic E-state index is -0.596. The zero-order valence-electron chi connectivity index (χ0n) is 13.3. The maximum absolute atomic E-state index is 14.4. The quantitative estimate of drug-likeness (QED) is 0.553. The monoisotopic (exact) mass is 336 g/mol. The van der Waals surface area contributed by atoms with Crippen LogP contribution in [-0.4, -0.2) is 18.9 Å². The highest BCUT2D eigenvalue weighted by atomic mass is 19.1. The van der Waals surface area contributed by atoms with Crippen molar-refractivity contribution >= 4 is 5.65 Å². The molecule has 3 aromatic heterocycles. The lowest BCUT2D eigenvalue weighted by Gasteiger charge is -2.10. The number of halogens is 2. The van der Waals surface area contributed by atoms with Crippen LogP contribution in [0.25, 0.3) is 28.2 Å². The Hall–Kier alpha value is -3.02. The van der Waals surface area contributed by atoms with Gasteiger partial charge in [-0.1, -0.05) is 0 Å². The first-order chi connectivity index (χ1) is 12.2. The minimum absolute atomic E-state index is 0.323. The summed E-state index contributed by atoms with van der Waals surface area (Å²) in [4.78, 5) is 8.93. The minimum Gasteiger partial charge on any atom is -0.327 e. The Morgan fingerprint density at radius 3 is 2.88 bits per heavy atom. The van der Waals surface area contributed by atoms with Gasteiger partial charge in [-0.15, -0.1) is 0 Å². The average molecular weight is 336 g/mol. The molecule has 0 saturated heterocycles. The third-order valence-electron chi connectivity index (χ3n) is 4.68. The van der Waals surface area contributed by atoms with E-state index in [1.54, 1.807) is 6.20 Å². The molecule has 1 aliphatic rings. The lowest BCUT2D eigenvalue weighted by Crippen LogP contribution is -1.98. The van der Waals surface area contributed by atoms with Crippen LogP contribution in [0.4, 0.5) is 8.78 Å². The molecule has 0 radical (unpaired) electrons. The number of benzene rings is 1. The van der Waals surface area contributed by atoms with Crippen LogP contribution in [0.3, 0.4) is 0 Å². The number of nitrogens with zero attached hydrogens (tertiary/aromatic N) is 4. The van der Waals surface area contributed by atoms with Gasteiger partial charge in [-0.3, -0.25) is 0 Å². The molecule has 0 bridgehead atoms. The summed E-state index contributed by atoms with van der Waals surface area (Å²) < 4.78 is 31.8. The number of pyridine rings is 1. The van der Waals surface area contributed by atoms with Gasteiger partial charge < -0.3 is 8.97 Å². The van der Waals surface area contributed by atoms with Gasteiger partial charge >= 0.3 is 0 Å². The predicted octanol–water partition coefficient (Wildman–Crippen LogP) is 4.09. The van der Waals surface area contributed by atoms with Crippen LogP contribution in [-0.2, 0) is 13.0 Å². The van der Waals surface area contributed by atoms with Crippen LogP contribution in [0, 0.1) is 11.6 Å². The van der Waals surface area contributed by atoms with Crippen molar-refractivity contribution < 1.29 is 8.78 Å². The number of aryl methyl sites for hydroxylation is 1. The van der Waals surface area contributed by atoms with Gasteiger partial charge in [0, 0.05) is 48.7 Å². The maximum Gasteiger partial charge on any atom is 0.136 e. The van der Waals surface area contributed by atoms with Gasteiger partial charge in [-0.2, -0.15) is 0 Å². The van der Waals surface area contributed by atoms with Gasteiger partial charge in [0.2, 0.25) is 0 Å². The topological polar surface area (TPSA) is 35.1 Å². The summed E-state index contributed by atoms with van der Waals surface area (Å²) >= 11 is 0. The van der Waals surface area contributed by atoms with E-state index in [4.69, 9.17) is 0 Å². The van der Waals surface area contributed by atoms with Crippen LogP contribution in [0.1, 0.15) is 12.2 Å². The number of rotatable bonds is 2. The predicted molar refractivity (Wildman–Crippen MR) is 90.1 cm³/mol. The Labute approximate surface area is 142 Å². The van der Waals surface area contributed by atoms with Crippen molar-refractivity contribution in [3.8, 4) is 22.5 Å². The van der Waals surface area contributed by atoms with Crippen molar-refractivity contribution in [2.75, 3.05) is 0 Å². The number of aromatic nitrogens is 4. The molecule has 1 aliphatic heterocycles. The van der Waals surface area contributed by atoms with Gasteiger partial charge in [0.05, 0.1) is 11.4 Å². The van der Waals surface area contributed by atoms with E-state index in [0.717, 1.165) is 48.2 Å². The van der Waals surface area contributed by atoms with Gasteiger partial charge in [-0.05, 0) is 30.7 Å². The largest absolute Gasteiger partial charge is 0.327 e. The number of fused-ring (bicyclic) bond motifs is 2. The van der Waals surface area contributed by atoms with Crippen molar-refractivity contribution in [2.24, 2.45) is 0 Å². The van der Waals surface area contributed by atoms with Crippen molar-refractivity contribution in [1.29, 1.82) is 0 Å². The highest BCUT2D eigenvalue weighted by Gasteiger charge is 2.25. The molecule has 6 heteroatoms. The Kier molecular flexibility index (Phi) is 3.00. The standard InChI is InChI=1S/C19H14F2N4/c20-13-4-5-14(15(21)10-13)18-19(25-8-1-2-17(25)23-18)12-3-6-16-22-7-9-24(16)11-12/h3-7,9-11H,1-2,8H2. The summed E-state index contributed by atoms with van der Waals surface area (Å²) in [7, 11) is 0. The molecule has 4 nitrogen and oxygen atoms in total. The highest BCUT2D eigenvalue weighted by Crippen LogP contribution is 2.36. The number of imidazole rings is 2. The second-order valence-electron chi connectivity index (χ2n) is 6.22. The summed E-state index contributed by atoms with van der Waals surface area (Å²) in [6, 6.07) is 7.53.